The molecule has 0 aliphatic carbocycles. The quantitative estimate of drug-likeness (QED) is 0.662. The fourth-order valence-electron chi connectivity index (χ4n) is 1.61. The Balaban J connectivity index is 2.41. The summed E-state index contributed by atoms with van der Waals surface area (Å²) in [5.74, 6) is 0.315. The molecule has 5 nitrogen and oxygen atoms in total. The van der Waals surface area contributed by atoms with Gasteiger partial charge in [-0.2, -0.15) is 0 Å². The molecule has 15 heavy (non-hydrogen) atoms. The van der Waals surface area contributed by atoms with Gasteiger partial charge in [0.1, 0.15) is 0 Å². The van der Waals surface area contributed by atoms with Crippen molar-refractivity contribution in [2.75, 3.05) is 26.3 Å². The molecular weight excluding hydrogens is 216 g/mol. The van der Waals surface area contributed by atoms with Gasteiger partial charge in [0.05, 0.1) is 11.9 Å². The van der Waals surface area contributed by atoms with E-state index in [0.29, 0.717) is 25.5 Å². The van der Waals surface area contributed by atoms with E-state index in [2.05, 4.69) is 4.72 Å². The van der Waals surface area contributed by atoms with Crippen molar-refractivity contribution in [3.63, 3.8) is 0 Å². The SMILES string of the molecule is CCC(CN)S(=O)(=O)NCC1CCOC1. The molecule has 0 saturated carbocycles. The van der Waals surface area contributed by atoms with Crippen LogP contribution in [0.25, 0.3) is 0 Å². The molecule has 0 amide bonds. The zero-order chi connectivity index (χ0) is 11.3. The van der Waals surface area contributed by atoms with Crippen LogP contribution in [-0.4, -0.2) is 40.0 Å². The highest BCUT2D eigenvalue weighted by Gasteiger charge is 2.24. The summed E-state index contributed by atoms with van der Waals surface area (Å²) < 4.78 is 31.2. The van der Waals surface area contributed by atoms with Gasteiger partial charge in [-0.15, -0.1) is 0 Å². The number of sulfonamides is 1. The van der Waals surface area contributed by atoms with Gasteiger partial charge in [0.25, 0.3) is 0 Å². The summed E-state index contributed by atoms with van der Waals surface area (Å²) in [6.45, 7) is 3.86. The van der Waals surface area contributed by atoms with Crippen molar-refractivity contribution < 1.29 is 13.2 Å². The Kier molecular flexibility index (Phi) is 4.98. The van der Waals surface area contributed by atoms with E-state index in [0.717, 1.165) is 13.0 Å². The van der Waals surface area contributed by atoms with E-state index in [1.807, 2.05) is 6.92 Å². The Bertz CT molecular complexity index is 269. The normalized spacial score (nSPS) is 24.3. The van der Waals surface area contributed by atoms with E-state index in [1.54, 1.807) is 0 Å². The predicted molar refractivity (Wildman–Crippen MR) is 59.0 cm³/mol. The van der Waals surface area contributed by atoms with Gasteiger partial charge in [0.2, 0.25) is 10.0 Å². The second-order valence-corrected chi connectivity index (χ2v) is 5.93. The van der Waals surface area contributed by atoms with Crippen LogP contribution in [0.15, 0.2) is 0 Å². The van der Waals surface area contributed by atoms with E-state index in [-0.39, 0.29) is 6.54 Å². The van der Waals surface area contributed by atoms with Crippen LogP contribution in [-0.2, 0) is 14.8 Å². The highest BCUT2D eigenvalue weighted by Crippen LogP contribution is 2.12. The lowest BCUT2D eigenvalue weighted by Crippen LogP contribution is -2.40. The highest BCUT2D eigenvalue weighted by molar-refractivity contribution is 7.90. The third kappa shape index (κ3) is 3.71. The Labute approximate surface area is 91.4 Å². The molecule has 2 atom stereocenters. The van der Waals surface area contributed by atoms with Crippen molar-refractivity contribution in [3.8, 4) is 0 Å². The summed E-state index contributed by atoms with van der Waals surface area (Å²) in [5, 5.41) is -0.472. The van der Waals surface area contributed by atoms with Crippen molar-refractivity contribution in [1.29, 1.82) is 0 Å². The number of nitrogens with one attached hydrogen (secondary N) is 1. The minimum Gasteiger partial charge on any atom is -0.381 e. The third-order valence-corrected chi connectivity index (χ3v) is 4.73. The molecule has 0 aromatic carbocycles. The minimum atomic E-state index is -3.24. The van der Waals surface area contributed by atoms with Crippen molar-refractivity contribution >= 4 is 10.0 Å². The molecule has 0 aromatic heterocycles. The molecule has 2 unspecified atom stereocenters. The monoisotopic (exact) mass is 236 g/mol. The lowest BCUT2D eigenvalue weighted by molar-refractivity contribution is 0.186. The Hall–Kier alpha value is -0.170. The number of nitrogens with two attached hydrogens (primary N) is 1. The van der Waals surface area contributed by atoms with Gasteiger partial charge < -0.3 is 10.5 Å². The molecule has 90 valence electrons. The molecule has 1 saturated heterocycles. The molecule has 1 fully saturated rings. The Morgan fingerprint density at radius 2 is 2.33 bits per heavy atom. The fourth-order valence-corrected chi connectivity index (χ4v) is 3.00. The zero-order valence-electron chi connectivity index (χ0n) is 9.11. The minimum absolute atomic E-state index is 0.174. The summed E-state index contributed by atoms with van der Waals surface area (Å²) in [6.07, 6.45) is 1.48. The summed E-state index contributed by atoms with van der Waals surface area (Å²) >= 11 is 0. The van der Waals surface area contributed by atoms with E-state index >= 15 is 0 Å². The lowest BCUT2D eigenvalue weighted by Gasteiger charge is -2.16. The molecule has 1 heterocycles. The van der Waals surface area contributed by atoms with Crippen LogP contribution in [0.3, 0.4) is 0 Å². The summed E-state index contributed by atoms with van der Waals surface area (Å²) in [5.41, 5.74) is 5.41. The van der Waals surface area contributed by atoms with Gasteiger partial charge >= 0.3 is 0 Å². The highest BCUT2D eigenvalue weighted by atomic mass is 32.2. The fraction of sp³-hybridized carbons (Fsp3) is 1.00. The summed E-state index contributed by atoms with van der Waals surface area (Å²) in [7, 11) is -3.24. The lowest BCUT2D eigenvalue weighted by atomic mass is 10.1. The van der Waals surface area contributed by atoms with Crippen LogP contribution in [0.5, 0.6) is 0 Å². The van der Waals surface area contributed by atoms with Gasteiger partial charge in [-0.3, -0.25) is 0 Å². The first-order valence-electron chi connectivity index (χ1n) is 5.36. The maximum atomic E-state index is 11.7. The first-order chi connectivity index (χ1) is 7.10. The molecule has 1 rings (SSSR count). The van der Waals surface area contributed by atoms with Crippen LogP contribution in [0.2, 0.25) is 0 Å². The van der Waals surface area contributed by atoms with Crippen LogP contribution >= 0.6 is 0 Å². The summed E-state index contributed by atoms with van der Waals surface area (Å²) in [6, 6.07) is 0. The van der Waals surface area contributed by atoms with Gasteiger partial charge in [0.15, 0.2) is 0 Å². The smallest absolute Gasteiger partial charge is 0.215 e. The number of hydrogen-bond acceptors (Lipinski definition) is 4. The molecular formula is C9H20N2O3S. The third-order valence-electron chi connectivity index (χ3n) is 2.75. The molecule has 1 aliphatic rings. The molecule has 0 bridgehead atoms. The van der Waals surface area contributed by atoms with Crippen LogP contribution in [0.4, 0.5) is 0 Å². The molecule has 0 aromatic rings. The van der Waals surface area contributed by atoms with Crippen molar-refractivity contribution in [3.05, 3.63) is 0 Å². The largest absolute Gasteiger partial charge is 0.381 e. The molecule has 6 heteroatoms. The average molecular weight is 236 g/mol. The average Bonchev–Trinajstić information content (AvgIpc) is 2.69. The van der Waals surface area contributed by atoms with Crippen LogP contribution in [0.1, 0.15) is 19.8 Å². The number of ether oxygens (including phenoxy) is 1. The van der Waals surface area contributed by atoms with E-state index in [9.17, 15) is 8.42 Å². The van der Waals surface area contributed by atoms with Crippen molar-refractivity contribution in [1.82, 2.24) is 4.72 Å². The number of hydrogen-bond donors (Lipinski definition) is 2. The Morgan fingerprint density at radius 3 is 2.80 bits per heavy atom. The topological polar surface area (TPSA) is 81.4 Å². The van der Waals surface area contributed by atoms with Gasteiger partial charge in [-0.05, 0) is 18.8 Å². The first kappa shape index (κ1) is 12.9. The predicted octanol–water partition coefficient (Wildman–Crippen LogP) is -0.320. The zero-order valence-corrected chi connectivity index (χ0v) is 9.92. The van der Waals surface area contributed by atoms with Crippen LogP contribution in [0, 0.1) is 5.92 Å². The maximum Gasteiger partial charge on any atom is 0.215 e. The molecule has 3 N–H and O–H groups in total. The van der Waals surface area contributed by atoms with E-state index in [4.69, 9.17) is 10.5 Å². The molecule has 0 radical (unpaired) electrons. The standard InChI is InChI=1S/C9H20N2O3S/c1-2-9(5-10)15(12,13)11-6-8-3-4-14-7-8/h8-9,11H,2-7,10H2,1H3. The second kappa shape index (κ2) is 5.79. The molecule has 0 spiro atoms. The van der Waals surface area contributed by atoms with Crippen molar-refractivity contribution in [2.24, 2.45) is 11.7 Å². The van der Waals surface area contributed by atoms with E-state index < -0.39 is 15.3 Å². The van der Waals surface area contributed by atoms with Gasteiger partial charge in [-0.1, -0.05) is 6.92 Å². The second-order valence-electron chi connectivity index (χ2n) is 3.89. The molecule has 1 aliphatic heterocycles. The van der Waals surface area contributed by atoms with Gasteiger partial charge in [-0.25, -0.2) is 13.1 Å². The van der Waals surface area contributed by atoms with E-state index in [1.165, 1.54) is 0 Å². The van der Waals surface area contributed by atoms with Crippen molar-refractivity contribution in [2.45, 2.75) is 25.0 Å². The first-order valence-corrected chi connectivity index (χ1v) is 6.91. The van der Waals surface area contributed by atoms with Crippen LogP contribution < -0.4 is 10.5 Å². The summed E-state index contributed by atoms with van der Waals surface area (Å²) in [4.78, 5) is 0. The number of rotatable bonds is 6. The Morgan fingerprint density at radius 1 is 1.60 bits per heavy atom. The van der Waals surface area contributed by atoms with Gasteiger partial charge in [0, 0.05) is 19.7 Å². The maximum absolute atomic E-state index is 11.7.